The van der Waals surface area contributed by atoms with Crippen LogP contribution in [-0.2, 0) is 0 Å². The van der Waals surface area contributed by atoms with Gasteiger partial charge >= 0.3 is 0 Å². The van der Waals surface area contributed by atoms with E-state index >= 15 is 0 Å². The molecule has 0 aromatic rings. The van der Waals surface area contributed by atoms with Crippen molar-refractivity contribution in [3.05, 3.63) is 0 Å². The molecular weight excluding hydrogens is 160 g/mol. The third kappa shape index (κ3) is 3.65. The predicted octanol–water partition coefficient (Wildman–Crippen LogP) is 2.03. The Bertz CT molecular complexity index is 146. The molecule has 0 unspecified atom stereocenters. The lowest BCUT2D eigenvalue weighted by atomic mass is 9.89. The second-order valence-corrected chi connectivity index (χ2v) is 4.99. The summed E-state index contributed by atoms with van der Waals surface area (Å²) in [4.78, 5) is 0. The Morgan fingerprint density at radius 1 is 1.23 bits per heavy atom. The number of nitrogens with one attached hydrogen (secondary N) is 1. The minimum absolute atomic E-state index is 0.298. The van der Waals surface area contributed by atoms with Gasteiger partial charge in [0, 0.05) is 17.6 Å². The van der Waals surface area contributed by atoms with Gasteiger partial charge in [0.25, 0.3) is 0 Å². The summed E-state index contributed by atoms with van der Waals surface area (Å²) in [5.41, 5.74) is 6.16. The highest BCUT2D eigenvalue weighted by Gasteiger charge is 2.23. The Balaban J connectivity index is 2.30. The summed E-state index contributed by atoms with van der Waals surface area (Å²) in [6.45, 7) is 6.80. The van der Waals surface area contributed by atoms with Gasteiger partial charge in [0.2, 0.25) is 0 Å². The minimum atomic E-state index is 0.298. The molecule has 0 spiro atoms. The normalized spacial score (nSPS) is 30.5. The molecule has 0 saturated heterocycles. The zero-order valence-electron chi connectivity index (χ0n) is 9.27. The fourth-order valence-electron chi connectivity index (χ4n) is 1.92. The Morgan fingerprint density at radius 3 is 2.23 bits per heavy atom. The number of hydrogen-bond acceptors (Lipinski definition) is 2. The molecule has 0 atom stereocenters. The van der Waals surface area contributed by atoms with Gasteiger partial charge in [-0.1, -0.05) is 6.92 Å². The second-order valence-electron chi connectivity index (χ2n) is 4.99. The third-order valence-electron chi connectivity index (χ3n) is 3.25. The molecule has 13 heavy (non-hydrogen) atoms. The molecule has 0 radical (unpaired) electrons. The molecule has 0 amide bonds. The average Bonchev–Trinajstić information content (AvgIpc) is 2.09. The SMILES string of the molecule is CCC(C)(C)NC1CCC(N)CC1. The van der Waals surface area contributed by atoms with Crippen molar-refractivity contribution in [3.63, 3.8) is 0 Å². The van der Waals surface area contributed by atoms with Gasteiger partial charge in [0.15, 0.2) is 0 Å². The average molecular weight is 184 g/mol. The first-order valence-electron chi connectivity index (χ1n) is 5.57. The fraction of sp³-hybridized carbons (Fsp3) is 1.00. The Morgan fingerprint density at radius 2 is 1.77 bits per heavy atom. The maximum atomic E-state index is 5.87. The van der Waals surface area contributed by atoms with Gasteiger partial charge in [0.05, 0.1) is 0 Å². The van der Waals surface area contributed by atoms with Gasteiger partial charge < -0.3 is 11.1 Å². The highest BCUT2D eigenvalue weighted by Crippen LogP contribution is 2.20. The van der Waals surface area contributed by atoms with Crippen LogP contribution in [0.1, 0.15) is 52.9 Å². The fourth-order valence-corrected chi connectivity index (χ4v) is 1.92. The van der Waals surface area contributed by atoms with Crippen LogP contribution in [0.25, 0.3) is 0 Å². The van der Waals surface area contributed by atoms with Gasteiger partial charge in [0.1, 0.15) is 0 Å². The van der Waals surface area contributed by atoms with E-state index in [2.05, 4.69) is 26.1 Å². The van der Waals surface area contributed by atoms with Crippen LogP contribution in [0.4, 0.5) is 0 Å². The van der Waals surface area contributed by atoms with Crippen molar-refractivity contribution in [2.75, 3.05) is 0 Å². The van der Waals surface area contributed by atoms with Crippen molar-refractivity contribution in [1.29, 1.82) is 0 Å². The lowest BCUT2D eigenvalue weighted by Crippen LogP contribution is -2.48. The van der Waals surface area contributed by atoms with Crippen LogP contribution in [0, 0.1) is 0 Å². The van der Waals surface area contributed by atoms with Gasteiger partial charge in [-0.05, 0) is 46.0 Å². The lowest BCUT2D eigenvalue weighted by Gasteiger charge is -2.34. The van der Waals surface area contributed by atoms with Crippen molar-refractivity contribution >= 4 is 0 Å². The van der Waals surface area contributed by atoms with Crippen molar-refractivity contribution in [1.82, 2.24) is 5.32 Å². The van der Waals surface area contributed by atoms with E-state index in [0.29, 0.717) is 17.6 Å². The minimum Gasteiger partial charge on any atom is -0.328 e. The molecule has 2 heteroatoms. The molecule has 1 aliphatic carbocycles. The Kier molecular flexibility index (Phi) is 3.74. The summed E-state index contributed by atoms with van der Waals surface area (Å²) in [5.74, 6) is 0. The van der Waals surface area contributed by atoms with E-state index in [-0.39, 0.29) is 0 Å². The van der Waals surface area contributed by atoms with Gasteiger partial charge in [-0.3, -0.25) is 0 Å². The van der Waals surface area contributed by atoms with E-state index in [4.69, 9.17) is 5.73 Å². The first-order chi connectivity index (χ1) is 6.03. The van der Waals surface area contributed by atoms with Crippen molar-refractivity contribution < 1.29 is 0 Å². The van der Waals surface area contributed by atoms with Crippen LogP contribution in [0.5, 0.6) is 0 Å². The number of nitrogens with two attached hydrogens (primary N) is 1. The monoisotopic (exact) mass is 184 g/mol. The van der Waals surface area contributed by atoms with Crippen molar-refractivity contribution in [3.8, 4) is 0 Å². The topological polar surface area (TPSA) is 38.0 Å². The smallest absolute Gasteiger partial charge is 0.0125 e. The van der Waals surface area contributed by atoms with Crippen LogP contribution >= 0.6 is 0 Å². The van der Waals surface area contributed by atoms with E-state index in [1.165, 1.54) is 32.1 Å². The molecule has 1 saturated carbocycles. The van der Waals surface area contributed by atoms with E-state index < -0.39 is 0 Å². The summed E-state index contributed by atoms with van der Waals surface area (Å²) >= 11 is 0. The molecule has 0 bridgehead atoms. The van der Waals surface area contributed by atoms with Gasteiger partial charge in [-0.2, -0.15) is 0 Å². The standard InChI is InChI=1S/C11H24N2/c1-4-11(2,3)13-10-7-5-9(12)6-8-10/h9-10,13H,4-8,12H2,1-3H3. The molecule has 1 aliphatic rings. The Hall–Kier alpha value is -0.0800. The van der Waals surface area contributed by atoms with Crippen LogP contribution in [-0.4, -0.2) is 17.6 Å². The molecule has 2 nitrogen and oxygen atoms in total. The molecule has 1 fully saturated rings. The van der Waals surface area contributed by atoms with E-state index in [1.807, 2.05) is 0 Å². The largest absolute Gasteiger partial charge is 0.328 e. The third-order valence-corrected chi connectivity index (χ3v) is 3.25. The van der Waals surface area contributed by atoms with Crippen LogP contribution in [0.15, 0.2) is 0 Å². The van der Waals surface area contributed by atoms with Crippen LogP contribution in [0.2, 0.25) is 0 Å². The molecule has 0 aromatic carbocycles. The molecule has 3 N–H and O–H groups in total. The summed E-state index contributed by atoms with van der Waals surface area (Å²) in [5, 5.41) is 3.71. The summed E-state index contributed by atoms with van der Waals surface area (Å²) in [7, 11) is 0. The van der Waals surface area contributed by atoms with Crippen LogP contribution < -0.4 is 11.1 Å². The summed E-state index contributed by atoms with van der Waals surface area (Å²) < 4.78 is 0. The zero-order chi connectivity index (χ0) is 9.90. The maximum absolute atomic E-state index is 5.87. The van der Waals surface area contributed by atoms with Gasteiger partial charge in [-0.15, -0.1) is 0 Å². The van der Waals surface area contributed by atoms with E-state index in [1.54, 1.807) is 0 Å². The molecule has 0 aromatic heterocycles. The van der Waals surface area contributed by atoms with E-state index in [9.17, 15) is 0 Å². The van der Waals surface area contributed by atoms with Crippen molar-refractivity contribution in [2.24, 2.45) is 5.73 Å². The highest BCUT2D eigenvalue weighted by atomic mass is 15.0. The van der Waals surface area contributed by atoms with Crippen LogP contribution in [0.3, 0.4) is 0 Å². The number of hydrogen-bond donors (Lipinski definition) is 2. The summed E-state index contributed by atoms with van der Waals surface area (Å²) in [6.07, 6.45) is 6.08. The maximum Gasteiger partial charge on any atom is 0.0125 e. The molecular formula is C11H24N2. The predicted molar refractivity (Wildman–Crippen MR) is 57.7 cm³/mol. The zero-order valence-corrected chi connectivity index (χ0v) is 9.27. The first-order valence-corrected chi connectivity index (χ1v) is 5.57. The molecule has 0 heterocycles. The first kappa shape index (κ1) is 11.0. The lowest BCUT2D eigenvalue weighted by molar-refractivity contribution is 0.262. The highest BCUT2D eigenvalue weighted by molar-refractivity contribution is 4.85. The number of rotatable bonds is 3. The molecule has 1 rings (SSSR count). The molecule has 0 aliphatic heterocycles. The second kappa shape index (κ2) is 4.43. The Labute approximate surface area is 82.3 Å². The quantitative estimate of drug-likeness (QED) is 0.704. The van der Waals surface area contributed by atoms with Gasteiger partial charge in [-0.25, -0.2) is 0 Å². The van der Waals surface area contributed by atoms with E-state index in [0.717, 1.165) is 0 Å². The van der Waals surface area contributed by atoms with Crippen molar-refractivity contribution in [2.45, 2.75) is 70.5 Å². The summed E-state index contributed by atoms with van der Waals surface area (Å²) in [6, 6.07) is 1.16. The molecule has 78 valence electrons.